The highest BCUT2D eigenvalue weighted by Crippen LogP contribution is 2.13. The number of esters is 4. The second-order valence-electron chi connectivity index (χ2n) is 10.7. The fraction of sp³-hybridized carbons (Fsp3) is 0.405. The summed E-state index contributed by atoms with van der Waals surface area (Å²) >= 11 is 0. The Kier molecular flexibility index (Phi) is 26.8. The number of ketones is 1. The van der Waals surface area contributed by atoms with E-state index in [1.54, 1.807) is 24.3 Å². The van der Waals surface area contributed by atoms with Crippen molar-refractivity contribution in [1.82, 2.24) is 16.0 Å². The van der Waals surface area contributed by atoms with Gasteiger partial charge in [-0.2, -0.15) is 0 Å². The molecular formula is C37H51N3O12. The Morgan fingerprint density at radius 2 is 1.17 bits per heavy atom. The number of carbonyl (C=O) groups excluding carboxylic acids is 8. The second kappa shape index (κ2) is 28.9. The van der Waals surface area contributed by atoms with Gasteiger partial charge in [-0.15, -0.1) is 6.58 Å². The number of allylic oxidation sites excluding steroid dienone is 3. The molecule has 3 N–H and O–H groups in total. The molecule has 0 aromatic heterocycles. The average Bonchev–Trinajstić information content (AvgIpc) is 3.10. The Balaban J connectivity index is 0. The van der Waals surface area contributed by atoms with Gasteiger partial charge in [-0.05, 0) is 37.8 Å². The molecule has 1 rings (SSSR count). The lowest BCUT2D eigenvalue weighted by Crippen LogP contribution is -2.39. The molecule has 0 aliphatic carbocycles. The summed E-state index contributed by atoms with van der Waals surface area (Å²) in [4.78, 5) is 89.0. The summed E-state index contributed by atoms with van der Waals surface area (Å²) in [6.07, 6.45) is 10.9. The van der Waals surface area contributed by atoms with Crippen molar-refractivity contribution in [1.29, 1.82) is 0 Å². The molecule has 0 unspecified atom stereocenters. The molecule has 0 aliphatic heterocycles. The predicted octanol–water partition coefficient (Wildman–Crippen LogP) is 2.90. The van der Waals surface area contributed by atoms with Crippen LogP contribution in [-0.4, -0.2) is 87.9 Å². The van der Waals surface area contributed by atoms with E-state index < -0.39 is 41.9 Å². The zero-order valence-electron chi connectivity index (χ0n) is 31.0. The van der Waals surface area contributed by atoms with Gasteiger partial charge in [0.15, 0.2) is 0 Å². The van der Waals surface area contributed by atoms with Crippen LogP contribution in [0.1, 0.15) is 58.9 Å². The van der Waals surface area contributed by atoms with E-state index in [0.29, 0.717) is 12.8 Å². The fourth-order valence-electron chi connectivity index (χ4n) is 3.92. The summed E-state index contributed by atoms with van der Waals surface area (Å²) in [5.41, 5.74) is 1.11. The normalized spacial score (nSPS) is 12.2. The second-order valence-corrected chi connectivity index (χ2v) is 10.7. The Morgan fingerprint density at radius 3 is 1.60 bits per heavy atom. The van der Waals surface area contributed by atoms with E-state index in [-0.39, 0.29) is 42.0 Å². The van der Waals surface area contributed by atoms with Crippen molar-refractivity contribution in [3.63, 3.8) is 0 Å². The van der Waals surface area contributed by atoms with Crippen LogP contribution in [0.25, 0.3) is 6.08 Å². The Bertz CT molecular complexity index is 1390. The fourth-order valence-corrected chi connectivity index (χ4v) is 3.92. The van der Waals surface area contributed by atoms with Gasteiger partial charge in [0.1, 0.15) is 23.6 Å². The zero-order chi connectivity index (χ0) is 40.1. The highest BCUT2D eigenvalue weighted by atomic mass is 16.5. The van der Waals surface area contributed by atoms with Crippen molar-refractivity contribution in [2.45, 2.75) is 65.5 Å². The molecule has 0 saturated carbocycles. The van der Waals surface area contributed by atoms with Gasteiger partial charge in [0.2, 0.25) is 17.7 Å². The van der Waals surface area contributed by atoms with Crippen LogP contribution in [0.5, 0.6) is 0 Å². The van der Waals surface area contributed by atoms with Crippen molar-refractivity contribution in [2.24, 2.45) is 5.92 Å². The van der Waals surface area contributed by atoms with Crippen LogP contribution in [0.15, 0.2) is 73.0 Å². The van der Waals surface area contributed by atoms with Crippen LogP contribution in [-0.2, 0) is 57.3 Å². The first kappa shape index (κ1) is 48.3. The van der Waals surface area contributed by atoms with Gasteiger partial charge < -0.3 is 39.7 Å². The van der Waals surface area contributed by atoms with E-state index in [4.69, 9.17) is 0 Å². The molecule has 15 heteroatoms. The SMILES string of the molecule is C=CC[C@H](NC(C)=O)C(=O)OC.COC(=O)/C(=C/C=C/c1ccccc1)NC(C)=O.COC(=O)[C@H](CC=CC[C@H](NC(C)=O)C(=O)OC)CC(C)=O. The van der Waals surface area contributed by atoms with E-state index in [2.05, 4.69) is 41.5 Å². The number of ether oxygens (including phenoxy) is 4. The molecule has 3 atom stereocenters. The molecule has 0 aliphatic rings. The Morgan fingerprint density at radius 1 is 0.673 bits per heavy atom. The highest BCUT2D eigenvalue weighted by Gasteiger charge is 2.21. The quantitative estimate of drug-likeness (QED) is 0.0695. The first-order valence-electron chi connectivity index (χ1n) is 15.9. The molecule has 3 amide bonds. The lowest BCUT2D eigenvalue weighted by atomic mass is 9.98. The van der Waals surface area contributed by atoms with E-state index in [1.807, 2.05) is 36.4 Å². The summed E-state index contributed by atoms with van der Waals surface area (Å²) in [6, 6.07) is 8.23. The summed E-state index contributed by atoms with van der Waals surface area (Å²) in [7, 11) is 5.05. The number of hydrogen-bond donors (Lipinski definition) is 3. The van der Waals surface area contributed by atoms with Crippen LogP contribution < -0.4 is 16.0 Å². The molecule has 15 nitrogen and oxygen atoms in total. The van der Waals surface area contributed by atoms with Crippen molar-refractivity contribution in [3.8, 4) is 0 Å². The molecule has 0 bridgehead atoms. The molecule has 1 aromatic rings. The standard InChI is InChI=1S/C15H23NO6.C14H15NO3.C8H13NO3/c1-10(17)9-12(14(19)21-3)7-5-6-8-13(15(20)22-4)16-11(2)18;1-11(16)15-13(14(17)18-2)10-6-9-12-7-4-3-5-8-12;1-4-5-7(8(11)12-3)9-6(2)10/h5-6,12-13H,7-9H2,1-4H3,(H,16,18);3-10H,1-2H3,(H,15,16);4,7H,1,5H2,2-3H3,(H,9,10)/b;9-6+,13-10-;/t12-,13+;;7-/m1.0/s1. The minimum Gasteiger partial charge on any atom is -0.469 e. The number of amides is 3. The average molecular weight is 730 g/mol. The van der Waals surface area contributed by atoms with Gasteiger partial charge in [-0.3, -0.25) is 19.2 Å². The van der Waals surface area contributed by atoms with E-state index >= 15 is 0 Å². The lowest BCUT2D eigenvalue weighted by Gasteiger charge is -2.13. The molecule has 0 saturated heterocycles. The van der Waals surface area contributed by atoms with Crippen LogP contribution >= 0.6 is 0 Å². The number of rotatable bonds is 17. The van der Waals surface area contributed by atoms with Gasteiger partial charge in [0.25, 0.3) is 0 Å². The predicted molar refractivity (Wildman–Crippen MR) is 193 cm³/mol. The monoisotopic (exact) mass is 729 g/mol. The molecule has 0 spiro atoms. The maximum atomic E-state index is 11.5. The summed E-state index contributed by atoms with van der Waals surface area (Å²) in [5.74, 6) is -3.60. The van der Waals surface area contributed by atoms with E-state index in [0.717, 1.165) is 5.56 Å². The number of benzene rings is 1. The van der Waals surface area contributed by atoms with Crippen molar-refractivity contribution < 1.29 is 57.3 Å². The van der Waals surface area contributed by atoms with Crippen molar-refractivity contribution in [2.75, 3.05) is 28.4 Å². The Labute approximate surface area is 304 Å². The van der Waals surface area contributed by atoms with Crippen LogP contribution in [0.3, 0.4) is 0 Å². The maximum absolute atomic E-state index is 11.5. The highest BCUT2D eigenvalue weighted by molar-refractivity contribution is 5.93. The number of hydrogen-bond acceptors (Lipinski definition) is 12. The largest absolute Gasteiger partial charge is 0.469 e. The summed E-state index contributed by atoms with van der Waals surface area (Å²) in [6.45, 7) is 8.85. The van der Waals surface area contributed by atoms with E-state index in [1.165, 1.54) is 62.2 Å². The third-order valence-electron chi connectivity index (χ3n) is 6.22. The minimum absolute atomic E-state index is 0.100. The molecule has 0 heterocycles. The first-order valence-corrected chi connectivity index (χ1v) is 15.9. The van der Waals surface area contributed by atoms with Crippen LogP contribution in [0.4, 0.5) is 0 Å². The van der Waals surface area contributed by atoms with E-state index in [9.17, 15) is 38.4 Å². The molecule has 286 valence electrons. The number of carbonyl (C=O) groups is 8. The zero-order valence-corrected chi connectivity index (χ0v) is 31.0. The lowest BCUT2D eigenvalue weighted by molar-refractivity contribution is -0.147. The van der Waals surface area contributed by atoms with Gasteiger partial charge >= 0.3 is 23.9 Å². The summed E-state index contributed by atoms with van der Waals surface area (Å²) < 4.78 is 18.3. The molecular weight excluding hydrogens is 678 g/mol. The van der Waals surface area contributed by atoms with Gasteiger partial charge in [-0.25, -0.2) is 14.4 Å². The van der Waals surface area contributed by atoms with Crippen molar-refractivity contribution >= 4 is 53.5 Å². The third kappa shape index (κ3) is 24.3. The van der Waals surface area contributed by atoms with Crippen molar-refractivity contribution in [3.05, 3.63) is 78.6 Å². The summed E-state index contributed by atoms with van der Waals surface area (Å²) in [5, 5.41) is 7.33. The topological polar surface area (TPSA) is 210 Å². The third-order valence-corrected chi connectivity index (χ3v) is 6.22. The molecule has 1 aromatic carbocycles. The number of nitrogens with one attached hydrogen (secondary N) is 3. The molecule has 52 heavy (non-hydrogen) atoms. The van der Waals surface area contributed by atoms with Gasteiger partial charge in [0.05, 0.1) is 34.4 Å². The number of methoxy groups -OCH3 is 4. The van der Waals surface area contributed by atoms with Crippen LogP contribution in [0.2, 0.25) is 0 Å². The molecule has 0 fully saturated rings. The van der Waals surface area contributed by atoms with Gasteiger partial charge in [-0.1, -0.05) is 60.7 Å². The first-order chi connectivity index (χ1) is 24.6. The maximum Gasteiger partial charge on any atom is 0.354 e. The minimum atomic E-state index is -0.775. The number of Topliss-reactive ketones (excluding diaryl/α,β-unsaturated/α-hetero) is 1. The molecule has 0 radical (unpaired) electrons. The van der Waals surface area contributed by atoms with Crippen LogP contribution in [0, 0.1) is 5.92 Å². The smallest absolute Gasteiger partial charge is 0.354 e. The Hall–Kier alpha value is -5.86. The van der Waals surface area contributed by atoms with Gasteiger partial charge in [0, 0.05) is 27.2 Å².